The highest BCUT2D eigenvalue weighted by Crippen LogP contribution is 2.40. The molecule has 1 unspecified atom stereocenters. The van der Waals surface area contributed by atoms with Crippen LogP contribution in [0.4, 0.5) is 0 Å². The largest absolute Gasteiger partial charge is 0.493 e. The molecule has 116 valence electrons. The first-order valence-electron chi connectivity index (χ1n) is 8.24. The van der Waals surface area contributed by atoms with E-state index in [1.807, 2.05) is 0 Å². The summed E-state index contributed by atoms with van der Waals surface area (Å²) in [4.78, 5) is 0. The molecule has 21 heavy (non-hydrogen) atoms. The van der Waals surface area contributed by atoms with Crippen LogP contribution < -0.4 is 9.47 Å². The molecule has 1 atom stereocenters. The Morgan fingerprint density at radius 3 is 2.29 bits per heavy atom. The van der Waals surface area contributed by atoms with E-state index in [1.54, 1.807) is 14.2 Å². The molecule has 2 rings (SSSR count). The van der Waals surface area contributed by atoms with E-state index in [-0.39, 0.29) is 0 Å². The average Bonchev–Trinajstić information content (AvgIpc) is 2.91. The van der Waals surface area contributed by atoms with E-state index in [1.165, 1.54) is 56.1 Å². The normalized spacial score (nSPS) is 16.0. The van der Waals surface area contributed by atoms with Gasteiger partial charge in [-0.15, -0.1) is 0 Å². The van der Waals surface area contributed by atoms with Gasteiger partial charge in [0.25, 0.3) is 0 Å². The van der Waals surface area contributed by atoms with Crippen LogP contribution in [0.25, 0.3) is 6.08 Å². The fourth-order valence-electron chi connectivity index (χ4n) is 3.10. The van der Waals surface area contributed by atoms with Crippen LogP contribution in [0.2, 0.25) is 0 Å². The van der Waals surface area contributed by atoms with Crippen molar-refractivity contribution in [1.82, 2.24) is 0 Å². The lowest BCUT2D eigenvalue weighted by atomic mass is 9.94. The molecule has 2 heteroatoms. The average molecular weight is 288 g/mol. The fourth-order valence-corrected chi connectivity index (χ4v) is 3.10. The monoisotopic (exact) mass is 288 g/mol. The molecular formula is C19H28O2. The van der Waals surface area contributed by atoms with Crippen molar-refractivity contribution in [3.05, 3.63) is 29.3 Å². The molecule has 1 aromatic carbocycles. The van der Waals surface area contributed by atoms with Gasteiger partial charge in [-0.25, -0.2) is 0 Å². The van der Waals surface area contributed by atoms with Gasteiger partial charge in [0.15, 0.2) is 11.5 Å². The summed E-state index contributed by atoms with van der Waals surface area (Å²) in [6.07, 6.45) is 13.9. The summed E-state index contributed by atoms with van der Waals surface area (Å²) in [5.74, 6) is 2.21. The summed E-state index contributed by atoms with van der Waals surface area (Å²) in [5, 5.41) is 0. The summed E-state index contributed by atoms with van der Waals surface area (Å²) in [7, 11) is 3.39. The lowest BCUT2D eigenvalue weighted by Gasteiger charge is -2.14. The van der Waals surface area contributed by atoms with E-state index in [9.17, 15) is 0 Å². The van der Waals surface area contributed by atoms with Crippen LogP contribution in [-0.4, -0.2) is 14.2 Å². The van der Waals surface area contributed by atoms with Gasteiger partial charge in [0.1, 0.15) is 0 Å². The highest BCUT2D eigenvalue weighted by atomic mass is 16.5. The first-order chi connectivity index (χ1) is 10.3. The minimum Gasteiger partial charge on any atom is -0.493 e. The van der Waals surface area contributed by atoms with Gasteiger partial charge in [0, 0.05) is 5.92 Å². The molecule has 0 amide bonds. The number of ether oxygens (including phenoxy) is 2. The summed E-state index contributed by atoms with van der Waals surface area (Å²) in [6, 6.07) is 4.24. The zero-order valence-corrected chi connectivity index (χ0v) is 13.7. The van der Waals surface area contributed by atoms with Crippen molar-refractivity contribution in [1.29, 1.82) is 0 Å². The maximum Gasteiger partial charge on any atom is 0.161 e. The number of methoxy groups -OCH3 is 2. The van der Waals surface area contributed by atoms with Crippen LogP contribution in [0, 0.1) is 0 Å². The molecular weight excluding hydrogens is 260 g/mol. The number of hydrogen-bond acceptors (Lipinski definition) is 2. The zero-order valence-electron chi connectivity index (χ0n) is 13.7. The standard InChI is InChI=1S/C19H28O2/c1-4-5-6-7-8-9-10-15-11-12-16-13-18(20-2)19(21-3)14-17(15)16/h11-15H,4-10H2,1-3H3. The molecule has 1 aliphatic carbocycles. The summed E-state index contributed by atoms with van der Waals surface area (Å²) < 4.78 is 10.8. The topological polar surface area (TPSA) is 18.5 Å². The third-order valence-corrected chi connectivity index (χ3v) is 4.37. The van der Waals surface area contributed by atoms with E-state index in [4.69, 9.17) is 9.47 Å². The number of hydrogen-bond donors (Lipinski definition) is 0. The van der Waals surface area contributed by atoms with Gasteiger partial charge in [0.05, 0.1) is 14.2 Å². The Balaban J connectivity index is 1.90. The highest BCUT2D eigenvalue weighted by molar-refractivity contribution is 5.66. The van der Waals surface area contributed by atoms with Crippen molar-refractivity contribution in [3.8, 4) is 11.5 Å². The number of rotatable bonds is 9. The molecule has 0 fully saturated rings. The van der Waals surface area contributed by atoms with Gasteiger partial charge < -0.3 is 9.47 Å². The highest BCUT2D eigenvalue weighted by Gasteiger charge is 2.20. The Hall–Kier alpha value is -1.44. The molecule has 1 aromatic rings. The van der Waals surface area contributed by atoms with Crippen molar-refractivity contribution >= 4 is 6.08 Å². The molecule has 0 radical (unpaired) electrons. The first kappa shape index (κ1) is 15.9. The second kappa shape index (κ2) is 8.11. The number of allylic oxidation sites excluding steroid dienone is 1. The van der Waals surface area contributed by atoms with Gasteiger partial charge >= 0.3 is 0 Å². The van der Waals surface area contributed by atoms with Crippen molar-refractivity contribution in [2.75, 3.05) is 14.2 Å². The number of fused-ring (bicyclic) bond motifs is 1. The van der Waals surface area contributed by atoms with Crippen molar-refractivity contribution in [2.45, 2.75) is 57.8 Å². The minimum atomic E-state index is 0.547. The van der Waals surface area contributed by atoms with Crippen LogP contribution >= 0.6 is 0 Å². The van der Waals surface area contributed by atoms with E-state index in [0.29, 0.717) is 5.92 Å². The SMILES string of the molecule is CCCCCCCCC1C=Cc2cc(OC)c(OC)cc21. The lowest BCUT2D eigenvalue weighted by Crippen LogP contribution is -1.97. The predicted octanol–water partition coefficient (Wildman–Crippen LogP) is 5.56. The molecule has 0 spiro atoms. The molecule has 0 saturated heterocycles. The van der Waals surface area contributed by atoms with Crippen LogP contribution in [0.5, 0.6) is 11.5 Å². The minimum absolute atomic E-state index is 0.547. The second-order valence-electron chi connectivity index (χ2n) is 5.86. The maximum atomic E-state index is 5.43. The van der Waals surface area contributed by atoms with Crippen LogP contribution in [0.1, 0.15) is 68.9 Å². The third-order valence-electron chi connectivity index (χ3n) is 4.37. The van der Waals surface area contributed by atoms with Crippen molar-refractivity contribution < 1.29 is 9.47 Å². The van der Waals surface area contributed by atoms with Crippen LogP contribution in [-0.2, 0) is 0 Å². The molecule has 1 aliphatic rings. The van der Waals surface area contributed by atoms with E-state index in [0.717, 1.165) is 11.5 Å². The molecule has 0 bridgehead atoms. The first-order valence-corrected chi connectivity index (χ1v) is 8.24. The molecule has 0 saturated carbocycles. The Kier molecular flexibility index (Phi) is 6.16. The zero-order chi connectivity index (χ0) is 15.1. The summed E-state index contributed by atoms with van der Waals surface area (Å²) >= 11 is 0. The van der Waals surface area contributed by atoms with Crippen molar-refractivity contribution in [3.63, 3.8) is 0 Å². The third kappa shape index (κ3) is 4.03. The smallest absolute Gasteiger partial charge is 0.161 e. The molecule has 2 nitrogen and oxygen atoms in total. The predicted molar refractivity (Wildman–Crippen MR) is 89.3 cm³/mol. The number of benzene rings is 1. The molecule has 0 aromatic heterocycles. The summed E-state index contributed by atoms with van der Waals surface area (Å²) in [5.41, 5.74) is 2.67. The van der Waals surface area contributed by atoms with E-state index >= 15 is 0 Å². The Morgan fingerprint density at radius 2 is 1.57 bits per heavy atom. The van der Waals surface area contributed by atoms with Crippen LogP contribution in [0.15, 0.2) is 18.2 Å². The van der Waals surface area contributed by atoms with E-state index < -0.39 is 0 Å². The van der Waals surface area contributed by atoms with Gasteiger partial charge in [-0.1, -0.05) is 57.6 Å². The maximum absolute atomic E-state index is 5.43. The lowest BCUT2D eigenvalue weighted by molar-refractivity contribution is 0.354. The van der Waals surface area contributed by atoms with Gasteiger partial charge in [-0.3, -0.25) is 0 Å². The second-order valence-corrected chi connectivity index (χ2v) is 5.86. The number of unbranched alkanes of at least 4 members (excludes halogenated alkanes) is 5. The van der Waals surface area contributed by atoms with Gasteiger partial charge in [0.2, 0.25) is 0 Å². The fraction of sp³-hybridized carbons (Fsp3) is 0.579. The molecule has 0 heterocycles. The Labute approximate surface area is 129 Å². The van der Waals surface area contributed by atoms with Crippen LogP contribution in [0.3, 0.4) is 0 Å². The van der Waals surface area contributed by atoms with Gasteiger partial charge in [-0.05, 0) is 29.7 Å². The van der Waals surface area contributed by atoms with Gasteiger partial charge in [-0.2, -0.15) is 0 Å². The molecule has 0 aliphatic heterocycles. The van der Waals surface area contributed by atoms with Crippen molar-refractivity contribution in [2.24, 2.45) is 0 Å². The Morgan fingerprint density at radius 1 is 0.905 bits per heavy atom. The quantitative estimate of drug-likeness (QED) is 0.553. The van der Waals surface area contributed by atoms with E-state index in [2.05, 4.69) is 31.2 Å². The summed E-state index contributed by atoms with van der Waals surface area (Å²) in [6.45, 7) is 2.27. The molecule has 0 N–H and O–H groups in total. The Bertz CT molecular complexity index is 477.